The average molecular weight is 455 g/mol. The highest BCUT2D eigenvalue weighted by Crippen LogP contribution is 2.39. The maximum Gasteiger partial charge on any atom is 0.328 e. The zero-order chi connectivity index (χ0) is 23.4. The van der Waals surface area contributed by atoms with Crippen LogP contribution in [-0.4, -0.2) is 42.1 Å². The van der Waals surface area contributed by atoms with Crippen LogP contribution in [0.4, 0.5) is 5.69 Å². The largest absolute Gasteiger partial charge is 0.467 e. The lowest BCUT2D eigenvalue weighted by molar-refractivity contribution is -0.144. The molecule has 7 heteroatoms. The van der Waals surface area contributed by atoms with Gasteiger partial charge in [0.05, 0.1) is 24.1 Å². The van der Waals surface area contributed by atoms with Crippen molar-refractivity contribution in [3.63, 3.8) is 0 Å². The lowest BCUT2D eigenvalue weighted by Gasteiger charge is -2.33. The van der Waals surface area contributed by atoms with Crippen molar-refractivity contribution in [2.45, 2.75) is 55.8 Å². The molecule has 0 spiro atoms. The number of ketones is 1. The van der Waals surface area contributed by atoms with Crippen molar-refractivity contribution in [3.8, 4) is 0 Å². The van der Waals surface area contributed by atoms with Crippen molar-refractivity contribution < 1.29 is 19.1 Å². The van der Waals surface area contributed by atoms with E-state index in [1.165, 1.54) is 23.8 Å². The molecule has 0 saturated carbocycles. The normalized spacial score (nSPS) is 16.9. The molecule has 2 unspecified atom stereocenters. The number of methoxy groups -OCH3 is 1. The Balaban J connectivity index is 2.04. The molecule has 1 heterocycles. The number of thioether (sulfide) groups is 1. The second-order valence-corrected chi connectivity index (χ2v) is 9.71. The zero-order valence-electron chi connectivity index (χ0n) is 18.9. The van der Waals surface area contributed by atoms with Gasteiger partial charge in [0.15, 0.2) is 5.78 Å². The Labute approximate surface area is 193 Å². The van der Waals surface area contributed by atoms with Gasteiger partial charge in [-0.25, -0.2) is 4.79 Å². The number of amides is 1. The number of nitrogens with two attached hydrogens (primary N) is 1. The summed E-state index contributed by atoms with van der Waals surface area (Å²) in [5, 5.41) is -0.289. The van der Waals surface area contributed by atoms with E-state index in [2.05, 4.69) is 0 Å². The number of nitrogens with zero attached hydrogens (tertiary/aromatic N) is 1. The molecule has 0 fully saturated rings. The summed E-state index contributed by atoms with van der Waals surface area (Å²) in [6.45, 7) is 5.51. The van der Waals surface area contributed by atoms with E-state index in [-0.39, 0.29) is 17.0 Å². The van der Waals surface area contributed by atoms with Gasteiger partial charge >= 0.3 is 5.97 Å². The monoisotopic (exact) mass is 454 g/mol. The molecule has 6 nitrogen and oxygen atoms in total. The van der Waals surface area contributed by atoms with Gasteiger partial charge in [-0.3, -0.25) is 14.5 Å². The van der Waals surface area contributed by atoms with E-state index in [1.54, 1.807) is 31.2 Å². The van der Waals surface area contributed by atoms with Crippen LogP contribution in [-0.2, 0) is 20.7 Å². The Bertz CT molecular complexity index is 980. The van der Waals surface area contributed by atoms with Crippen molar-refractivity contribution in [3.05, 3.63) is 59.7 Å². The molecule has 2 N–H and O–H groups in total. The minimum Gasteiger partial charge on any atom is -0.467 e. The van der Waals surface area contributed by atoms with E-state index in [9.17, 15) is 14.4 Å². The average Bonchev–Trinajstić information content (AvgIpc) is 3.21. The molecule has 3 atom stereocenters. The third-order valence-corrected chi connectivity index (χ3v) is 6.79. The van der Waals surface area contributed by atoms with Crippen LogP contribution in [0.3, 0.4) is 0 Å². The number of anilines is 1. The highest BCUT2D eigenvalue weighted by Gasteiger charge is 2.37. The third kappa shape index (κ3) is 5.05. The van der Waals surface area contributed by atoms with Crippen molar-refractivity contribution in [1.82, 2.24) is 0 Å². The van der Waals surface area contributed by atoms with Gasteiger partial charge in [0.25, 0.3) is 0 Å². The van der Waals surface area contributed by atoms with Crippen LogP contribution in [0, 0.1) is 5.92 Å². The minimum atomic E-state index is -0.874. The summed E-state index contributed by atoms with van der Waals surface area (Å²) in [6, 6.07) is 13.2. The van der Waals surface area contributed by atoms with E-state index in [0.29, 0.717) is 24.1 Å². The fourth-order valence-corrected chi connectivity index (χ4v) is 5.21. The van der Waals surface area contributed by atoms with Gasteiger partial charge in [0, 0.05) is 10.5 Å². The molecule has 1 aliphatic rings. The number of fused-ring (bicyclic) bond motifs is 1. The molecule has 0 bridgehead atoms. The third-order valence-electron chi connectivity index (χ3n) is 5.48. The number of esters is 1. The number of benzene rings is 2. The molecule has 0 saturated heterocycles. The van der Waals surface area contributed by atoms with Gasteiger partial charge in [0.2, 0.25) is 5.91 Å². The van der Waals surface area contributed by atoms with Crippen LogP contribution in [0.25, 0.3) is 0 Å². The van der Waals surface area contributed by atoms with Gasteiger partial charge in [-0.2, -0.15) is 0 Å². The van der Waals surface area contributed by atoms with Crippen LogP contribution in [0.1, 0.15) is 43.1 Å². The van der Waals surface area contributed by atoms with Crippen LogP contribution < -0.4 is 10.6 Å². The van der Waals surface area contributed by atoms with Gasteiger partial charge in [0.1, 0.15) is 6.04 Å². The lowest BCUT2D eigenvalue weighted by Crippen LogP contribution is -2.52. The maximum absolute atomic E-state index is 13.6. The molecule has 170 valence electrons. The highest BCUT2D eigenvalue weighted by molar-refractivity contribution is 8.01. The van der Waals surface area contributed by atoms with Crippen molar-refractivity contribution in [2.75, 3.05) is 12.0 Å². The molecule has 1 aliphatic heterocycles. The van der Waals surface area contributed by atoms with Gasteiger partial charge in [-0.1, -0.05) is 44.2 Å². The van der Waals surface area contributed by atoms with E-state index in [1.807, 2.05) is 38.1 Å². The number of para-hydroxylation sites is 1. The predicted molar refractivity (Wildman–Crippen MR) is 127 cm³/mol. The quantitative estimate of drug-likeness (QED) is 0.481. The van der Waals surface area contributed by atoms with E-state index in [0.717, 1.165) is 10.5 Å². The first-order valence-corrected chi connectivity index (χ1v) is 11.7. The standard InChI is InChI=1S/C25H30N2O4S/c1-15(2)13-20(25(30)31-4)27(24(29)16(3)26)19-11-7-6-10-18(19)23(28)22-14-17-9-5-8-12-21(17)32-22/h5-12,15-16,20,22H,13-14,26H2,1-4H3/t16?,20?,22-/m0/s1. The summed E-state index contributed by atoms with van der Waals surface area (Å²) in [4.78, 5) is 42.0. The van der Waals surface area contributed by atoms with Crippen LogP contribution >= 0.6 is 11.8 Å². The molecular weight excluding hydrogens is 424 g/mol. The molecule has 2 aromatic rings. The lowest BCUT2D eigenvalue weighted by atomic mass is 9.97. The number of ether oxygens (including phenoxy) is 1. The predicted octanol–water partition coefficient (Wildman–Crippen LogP) is 3.85. The van der Waals surface area contributed by atoms with E-state index < -0.39 is 24.0 Å². The topological polar surface area (TPSA) is 89.7 Å². The summed E-state index contributed by atoms with van der Waals surface area (Å²) < 4.78 is 5.03. The fourth-order valence-electron chi connectivity index (χ4n) is 3.94. The van der Waals surface area contributed by atoms with Crippen LogP contribution in [0.5, 0.6) is 0 Å². The second-order valence-electron chi connectivity index (χ2n) is 8.47. The van der Waals surface area contributed by atoms with Gasteiger partial charge in [-0.15, -0.1) is 11.8 Å². The number of hydrogen-bond donors (Lipinski definition) is 1. The molecule has 3 rings (SSSR count). The van der Waals surface area contributed by atoms with Gasteiger partial charge in [-0.05, 0) is 49.4 Å². The first-order valence-electron chi connectivity index (χ1n) is 10.8. The number of rotatable bonds is 8. The van der Waals surface area contributed by atoms with Crippen molar-refractivity contribution in [1.29, 1.82) is 0 Å². The molecule has 2 aromatic carbocycles. The zero-order valence-corrected chi connectivity index (χ0v) is 19.7. The Kier molecular flexibility index (Phi) is 7.74. The van der Waals surface area contributed by atoms with E-state index in [4.69, 9.17) is 10.5 Å². The highest BCUT2D eigenvalue weighted by atomic mass is 32.2. The molecule has 0 radical (unpaired) electrons. The SMILES string of the molecule is COC(=O)C(CC(C)C)N(C(=O)C(C)N)c1ccccc1C(=O)[C@@H]1Cc2ccccc2S1. The number of carbonyl (C=O) groups excluding carboxylic acids is 3. The smallest absolute Gasteiger partial charge is 0.328 e. The summed E-state index contributed by atoms with van der Waals surface area (Å²) in [5.74, 6) is -0.913. The summed E-state index contributed by atoms with van der Waals surface area (Å²) in [6.07, 6.45) is 1.01. The summed E-state index contributed by atoms with van der Waals surface area (Å²) in [7, 11) is 1.30. The Hall–Kier alpha value is -2.64. The van der Waals surface area contributed by atoms with Crippen molar-refractivity contribution in [2.24, 2.45) is 11.7 Å². The first kappa shape index (κ1) is 24.0. The van der Waals surface area contributed by atoms with E-state index >= 15 is 0 Å². The molecule has 32 heavy (non-hydrogen) atoms. The van der Waals surface area contributed by atoms with Crippen LogP contribution in [0.2, 0.25) is 0 Å². The molecule has 0 aliphatic carbocycles. The molecule has 1 amide bonds. The first-order chi connectivity index (χ1) is 15.2. The molecular formula is C25H30N2O4S. The van der Waals surface area contributed by atoms with Crippen LogP contribution in [0.15, 0.2) is 53.4 Å². The Morgan fingerprint density at radius 3 is 2.38 bits per heavy atom. The van der Waals surface area contributed by atoms with Gasteiger partial charge < -0.3 is 10.5 Å². The van der Waals surface area contributed by atoms with Crippen molar-refractivity contribution >= 4 is 35.1 Å². The Morgan fingerprint density at radius 2 is 1.75 bits per heavy atom. The summed E-state index contributed by atoms with van der Waals surface area (Å²) in [5.41, 5.74) is 7.90. The number of hydrogen-bond acceptors (Lipinski definition) is 6. The second kappa shape index (κ2) is 10.3. The minimum absolute atomic E-state index is 0.0718. The fraction of sp³-hybridized carbons (Fsp3) is 0.400. The maximum atomic E-state index is 13.6. The molecule has 0 aromatic heterocycles. The summed E-state index contributed by atoms with van der Waals surface area (Å²) >= 11 is 1.53. The number of carbonyl (C=O) groups is 3. The Morgan fingerprint density at radius 1 is 1.09 bits per heavy atom. The number of Topliss-reactive ketones (excluding diaryl/α,β-unsaturated/α-hetero) is 1.